The summed E-state index contributed by atoms with van der Waals surface area (Å²) in [6, 6.07) is 0.542. The maximum Gasteiger partial charge on any atom is 0.135 e. The molecule has 3 saturated heterocycles. The number of aryl methyl sites for hydroxylation is 1. The molecule has 5 nitrogen and oxygen atoms in total. The van der Waals surface area contributed by atoms with Crippen molar-refractivity contribution in [1.82, 2.24) is 14.9 Å². The Bertz CT molecular complexity index is 465. The van der Waals surface area contributed by atoms with E-state index < -0.39 is 0 Å². The molecule has 0 radical (unpaired) electrons. The van der Waals surface area contributed by atoms with Crippen LogP contribution in [0.2, 0.25) is 0 Å². The van der Waals surface area contributed by atoms with Crippen LogP contribution in [-0.4, -0.2) is 47.6 Å². The van der Waals surface area contributed by atoms with Crippen molar-refractivity contribution in [3.8, 4) is 0 Å². The highest BCUT2D eigenvalue weighted by molar-refractivity contribution is 5.57. The van der Waals surface area contributed by atoms with Gasteiger partial charge in [-0.15, -0.1) is 0 Å². The number of nitrogens with zero attached hydrogens (tertiary/aromatic N) is 3. The second kappa shape index (κ2) is 4.96. The Hall–Kier alpha value is -1.36. The Morgan fingerprint density at radius 2 is 1.79 bits per heavy atom. The molecule has 4 heterocycles. The van der Waals surface area contributed by atoms with E-state index in [1.807, 2.05) is 14.0 Å². The van der Waals surface area contributed by atoms with Gasteiger partial charge < -0.3 is 15.5 Å². The van der Waals surface area contributed by atoms with Crippen molar-refractivity contribution in [3.05, 3.63) is 11.4 Å². The average Bonchev–Trinajstić information content (AvgIpc) is 2.44. The SMILES string of the molecule is CNc1nc(C)nc(NC2CN3CCC2CC3)c1C. The van der Waals surface area contributed by atoms with Gasteiger partial charge in [-0.05, 0) is 45.7 Å². The molecule has 0 spiro atoms. The predicted molar refractivity (Wildman–Crippen MR) is 77.6 cm³/mol. The fourth-order valence-electron chi connectivity index (χ4n) is 3.32. The summed E-state index contributed by atoms with van der Waals surface area (Å²) in [6.45, 7) is 7.72. The van der Waals surface area contributed by atoms with Crippen LogP contribution in [0.1, 0.15) is 24.2 Å². The molecular formula is C14H23N5. The first-order chi connectivity index (χ1) is 9.17. The molecule has 19 heavy (non-hydrogen) atoms. The molecule has 0 amide bonds. The summed E-state index contributed by atoms with van der Waals surface area (Å²) in [5, 5.41) is 6.81. The highest BCUT2D eigenvalue weighted by atomic mass is 15.2. The first-order valence-corrected chi connectivity index (χ1v) is 7.19. The molecule has 3 aliphatic heterocycles. The normalized spacial score (nSPS) is 29.3. The smallest absolute Gasteiger partial charge is 0.135 e. The maximum atomic E-state index is 4.58. The van der Waals surface area contributed by atoms with Crippen LogP contribution in [0.3, 0.4) is 0 Å². The minimum atomic E-state index is 0.542. The lowest BCUT2D eigenvalue weighted by Gasteiger charge is -2.45. The molecule has 1 atom stereocenters. The van der Waals surface area contributed by atoms with Crippen molar-refractivity contribution in [1.29, 1.82) is 0 Å². The summed E-state index contributed by atoms with van der Waals surface area (Å²) in [6.07, 6.45) is 2.64. The van der Waals surface area contributed by atoms with Gasteiger partial charge >= 0.3 is 0 Å². The van der Waals surface area contributed by atoms with Gasteiger partial charge in [0.25, 0.3) is 0 Å². The highest BCUT2D eigenvalue weighted by Crippen LogP contribution is 2.30. The van der Waals surface area contributed by atoms with Gasteiger partial charge in [0, 0.05) is 25.2 Å². The molecule has 1 aromatic rings. The van der Waals surface area contributed by atoms with Crippen LogP contribution >= 0.6 is 0 Å². The Morgan fingerprint density at radius 3 is 2.37 bits per heavy atom. The molecule has 4 rings (SSSR count). The third kappa shape index (κ3) is 2.39. The van der Waals surface area contributed by atoms with E-state index in [9.17, 15) is 0 Å². The number of piperidine rings is 3. The third-order valence-electron chi connectivity index (χ3n) is 4.47. The minimum Gasteiger partial charge on any atom is -0.373 e. The van der Waals surface area contributed by atoms with E-state index in [0.717, 1.165) is 35.5 Å². The monoisotopic (exact) mass is 261 g/mol. The van der Waals surface area contributed by atoms with Crippen LogP contribution in [0, 0.1) is 19.8 Å². The Morgan fingerprint density at radius 1 is 1.11 bits per heavy atom. The topological polar surface area (TPSA) is 53.1 Å². The molecule has 5 heteroatoms. The van der Waals surface area contributed by atoms with Gasteiger partial charge in [-0.3, -0.25) is 0 Å². The highest BCUT2D eigenvalue weighted by Gasteiger charge is 2.34. The van der Waals surface area contributed by atoms with Crippen LogP contribution < -0.4 is 10.6 Å². The van der Waals surface area contributed by atoms with Crippen LogP contribution in [0.25, 0.3) is 0 Å². The van der Waals surface area contributed by atoms with E-state index >= 15 is 0 Å². The Kier molecular flexibility index (Phi) is 3.31. The van der Waals surface area contributed by atoms with Gasteiger partial charge in [0.1, 0.15) is 17.5 Å². The zero-order valence-electron chi connectivity index (χ0n) is 12.0. The summed E-state index contributed by atoms with van der Waals surface area (Å²) in [5.74, 6) is 3.54. The number of rotatable bonds is 3. The van der Waals surface area contributed by atoms with Crippen molar-refractivity contribution in [2.75, 3.05) is 37.3 Å². The van der Waals surface area contributed by atoms with E-state index in [0.29, 0.717) is 6.04 Å². The van der Waals surface area contributed by atoms with Gasteiger partial charge in [0.05, 0.1) is 0 Å². The molecule has 0 saturated carbocycles. The molecule has 0 aromatic carbocycles. The third-order valence-corrected chi connectivity index (χ3v) is 4.47. The van der Waals surface area contributed by atoms with Crippen molar-refractivity contribution < 1.29 is 0 Å². The lowest BCUT2D eigenvalue weighted by Crippen LogP contribution is -2.53. The van der Waals surface area contributed by atoms with Gasteiger partial charge in [0.2, 0.25) is 0 Å². The number of nitrogens with one attached hydrogen (secondary N) is 2. The van der Waals surface area contributed by atoms with Crippen LogP contribution in [0.4, 0.5) is 11.6 Å². The standard InChI is InChI=1S/C14H23N5/c1-9-13(15-3)16-10(2)17-14(9)18-12-8-19-6-4-11(12)5-7-19/h11-12H,4-8H2,1-3H3,(H2,15,16,17,18). The number of aromatic nitrogens is 2. The number of anilines is 2. The number of hydrogen-bond acceptors (Lipinski definition) is 5. The maximum absolute atomic E-state index is 4.58. The number of fused-ring (bicyclic) bond motifs is 3. The molecule has 104 valence electrons. The van der Waals surface area contributed by atoms with E-state index in [4.69, 9.17) is 0 Å². The molecule has 2 N–H and O–H groups in total. The first-order valence-electron chi connectivity index (χ1n) is 7.19. The zero-order valence-corrected chi connectivity index (χ0v) is 12.0. The lowest BCUT2D eigenvalue weighted by atomic mass is 9.84. The van der Waals surface area contributed by atoms with E-state index in [-0.39, 0.29) is 0 Å². The van der Waals surface area contributed by atoms with Gasteiger partial charge in [-0.25, -0.2) is 9.97 Å². The van der Waals surface area contributed by atoms with Crippen LogP contribution in [0.5, 0.6) is 0 Å². The lowest BCUT2D eigenvalue weighted by molar-refractivity contribution is 0.0973. The van der Waals surface area contributed by atoms with Crippen molar-refractivity contribution in [2.24, 2.45) is 5.92 Å². The molecule has 3 fully saturated rings. The fourth-order valence-corrected chi connectivity index (χ4v) is 3.32. The van der Waals surface area contributed by atoms with Crippen molar-refractivity contribution in [3.63, 3.8) is 0 Å². The average molecular weight is 261 g/mol. The van der Waals surface area contributed by atoms with Crippen molar-refractivity contribution >= 4 is 11.6 Å². The first kappa shape index (κ1) is 12.7. The van der Waals surface area contributed by atoms with Gasteiger partial charge in [-0.1, -0.05) is 0 Å². The van der Waals surface area contributed by atoms with Crippen molar-refractivity contribution in [2.45, 2.75) is 32.7 Å². The predicted octanol–water partition coefficient (Wildman–Crippen LogP) is 1.64. The molecule has 2 bridgehead atoms. The molecule has 0 aliphatic carbocycles. The molecular weight excluding hydrogens is 238 g/mol. The van der Waals surface area contributed by atoms with Gasteiger partial charge in [0.15, 0.2) is 0 Å². The molecule has 1 aromatic heterocycles. The Balaban J connectivity index is 1.81. The largest absolute Gasteiger partial charge is 0.373 e. The van der Waals surface area contributed by atoms with E-state index in [1.54, 1.807) is 0 Å². The second-order valence-corrected chi connectivity index (χ2v) is 5.73. The molecule has 3 aliphatic rings. The van der Waals surface area contributed by atoms with Crippen LogP contribution in [-0.2, 0) is 0 Å². The summed E-state index contributed by atoms with van der Waals surface area (Å²) < 4.78 is 0. The summed E-state index contributed by atoms with van der Waals surface area (Å²) in [5.41, 5.74) is 1.12. The number of hydrogen-bond donors (Lipinski definition) is 2. The Labute approximate surface area is 114 Å². The zero-order chi connectivity index (χ0) is 13.4. The van der Waals surface area contributed by atoms with Gasteiger partial charge in [-0.2, -0.15) is 0 Å². The summed E-state index contributed by atoms with van der Waals surface area (Å²) in [4.78, 5) is 11.6. The fraction of sp³-hybridized carbons (Fsp3) is 0.714. The minimum absolute atomic E-state index is 0.542. The quantitative estimate of drug-likeness (QED) is 0.866. The summed E-state index contributed by atoms with van der Waals surface area (Å²) >= 11 is 0. The van der Waals surface area contributed by atoms with Crippen LogP contribution in [0.15, 0.2) is 0 Å². The van der Waals surface area contributed by atoms with E-state index in [1.165, 1.54) is 25.9 Å². The van der Waals surface area contributed by atoms with E-state index in [2.05, 4.69) is 32.4 Å². The summed E-state index contributed by atoms with van der Waals surface area (Å²) in [7, 11) is 1.91. The molecule has 1 unspecified atom stereocenters. The second-order valence-electron chi connectivity index (χ2n) is 5.73.